The van der Waals surface area contributed by atoms with E-state index in [9.17, 15) is 4.79 Å². The Labute approximate surface area is 171 Å². The van der Waals surface area contributed by atoms with E-state index in [1.54, 1.807) is 14.2 Å². The number of rotatable bonds is 5. The first-order chi connectivity index (χ1) is 14.1. The molecule has 0 radical (unpaired) electrons. The summed E-state index contributed by atoms with van der Waals surface area (Å²) in [5.74, 6) is 2.33. The molecule has 1 aromatic heterocycles. The van der Waals surface area contributed by atoms with E-state index in [0.29, 0.717) is 37.1 Å². The third-order valence-corrected chi connectivity index (χ3v) is 5.93. The van der Waals surface area contributed by atoms with Gasteiger partial charge in [-0.1, -0.05) is 6.07 Å². The van der Waals surface area contributed by atoms with E-state index in [-0.39, 0.29) is 5.91 Å². The average molecular weight is 396 g/mol. The fourth-order valence-corrected chi connectivity index (χ4v) is 4.22. The quantitative estimate of drug-likeness (QED) is 0.773. The van der Waals surface area contributed by atoms with Gasteiger partial charge in [0.05, 0.1) is 32.4 Å². The highest BCUT2D eigenvalue weighted by Gasteiger charge is 2.28. The van der Waals surface area contributed by atoms with Crippen molar-refractivity contribution in [1.29, 1.82) is 0 Å². The van der Waals surface area contributed by atoms with Gasteiger partial charge < -0.3 is 14.4 Å². The van der Waals surface area contributed by atoms with Crippen molar-refractivity contribution in [3.05, 3.63) is 47.0 Å². The highest BCUT2D eigenvalue weighted by molar-refractivity contribution is 5.79. The van der Waals surface area contributed by atoms with Gasteiger partial charge in [-0.3, -0.25) is 9.69 Å². The number of carbonyl (C=O) groups excluding carboxylic acids is 1. The molecular weight excluding hydrogens is 368 g/mol. The second-order valence-corrected chi connectivity index (χ2v) is 7.77. The predicted octanol–water partition coefficient (Wildman–Crippen LogP) is 2.39. The maximum Gasteiger partial charge on any atom is 0.227 e. The Balaban J connectivity index is 1.43. The molecule has 29 heavy (non-hydrogen) atoms. The number of fused-ring (bicyclic) bond motifs is 1. The minimum absolute atomic E-state index is 0.0995. The normalized spacial score (nSPS) is 19.1. The first kappa shape index (κ1) is 19.6. The lowest BCUT2D eigenvalue weighted by atomic mass is 10.0. The number of benzene rings is 1. The number of likely N-dealkylation sites (tertiary alicyclic amines) is 1. The van der Waals surface area contributed by atoms with Crippen LogP contribution in [0.25, 0.3) is 0 Å². The lowest BCUT2D eigenvalue weighted by molar-refractivity contribution is -0.131. The zero-order valence-corrected chi connectivity index (χ0v) is 17.4. The van der Waals surface area contributed by atoms with E-state index < -0.39 is 0 Å². The molecule has 7 nitrogen and oxygen atoms in total. The van der Waals surface area contributed by atoms with Crippen LogP contribution in [-0.4, -0.2) is 60.0 Å². The van der Waals surface area contributed by atoms with Gasteiger partial charge in [0, 0.05) is 31.3 Å². The van der Waals surface area contributed by atoms with E-state index in [4.69, 9.17) is 14.5 Å². The zero-order chi connectivity index (χ0) is 20.4. The third-order valence-electron chi connectivity index (χ3n) is 5.93. The summed E-state index contributed by atoms with van der Waals surface area (Å²) >= 11 is 0. The Morgan fingerprint density at radius 2 is 2.03 bits per heavy atom. The topological polar surface area (TPSA) is 67.8 Å². The molecule has 0 aliphatic carbocycles. The lowest BCUT2D eigenvalue weighted by Crippen LogP contribution is -2.37. The minimum Gasteiger partial charge on any atom is -0.493 e. The molecule has 0 unspecified atom stereocenters. The van der Waals surface area contributed by atoms with Crippen molar-refractivity contribution >= 4 is 5.91 Å². The second-order valence-electron chi connectivity index (χ2n) is 7.77. The molecule has 0 saturated carbocycles. The van der Waals surface area contributed by atoms with Crippen LogP contribution in [0.3, 0.4) is 0 Å². The molecule has 2 aromatic rings. The van der Waals surface area contributed by atoms with Crippen LogP contribution < -0.4 is 9.47 Å². The molecule has 1 amide bonds. The summed E-state index contributed by atoms with van der Waals surface area (Å²) in [4.78, 5) is 26.5. The molecule has 3 heterocycles. The van der Waals surface area contributed by atoms with Crippen LogP contribution >= 0.6 is 0 Å². The predicted molar refractivity (Wildman–Crippen MR) is 109 cm³/mol. The highest BCUT2D eigenvalue weighted by Crippen LogP contribution is 2.30. The van der Waals surface area contributed by atoms with Crippen LogP contribution in [0.2, 0.25) is 0 Å². The summed E-state index contributed by atoms with van der Waals surface area (Å²) in [7, 11) is 5.34. The Kier molecular flexibility index (Phi) is 5.67. The van der Waals surface area contributed by atoms with Crippen molar-refractivity contribution in [1.82, 2.24) is 19.8 Å². The van der Waals surface area contributed by atoms with Gasteiger partial charge in [0.25, 0.3) is 0 Å². The summed E-state index contributed by atoms with van der Waals surface area (Å²) in [6, 6.07) is 5.93. The smallest absolute Gasteiger partial charge is 0.227 e. The number of nitrogens with zero attached hydrogens (tertiary/aromatic N) is 4. The van der Waals surface area contributed by atoms with Crippen molar-refractivity contribution < 1.29 is 14.3 Å². The first-order valence-corrected chi connectivity index (χ1v) is 10.1. The number of aromatic nitrogens is 2. The molecule has 0 bridgehead atoms. The maximum absolute atomic E-state index is 12.9. The maximum atomic E-state index is 12.9. The standard InChI is InChI=1S/C22H28N4O3/c1-25-9-4-5-18(25)22-23-13-16-14-26(10-8-17(16)24-22)21(27)12-15-6-7-19(28-2)20(11-15)29-3/h6-7,11,13,18H,4-5,8-10,12,14H2,1-3H3/t18-/m1/s1. The summed E-state index contributed by atoms with van der Waals surface area (Å²) < 4.78 is 10.6. The summed E-state index contributed by atoms with van der Waals surface area (Å²) in [5.41, 5.74) is 3.06. The van der Waals surface area contributed by atoms with Crippen molar-refractivity contribution in [2.24, 2.45) is 0 Å². The molecule has 0 spiro atoms. The third kappa shape index (κ3) is 4.05. The molecular formula is C22H28N4O3. The van der Waals surface area contributed by atoms with Gasteiger partial charge in [-0.05, 0) is 44.1 Å². The van der Waals surface area contributed by atoms with E-state index in [2.05, 4.69) is 16.9 Å². The SMILES string of the molecule is COc1ccc(CC(=O)N2CCc3nc([C@H]4CCCN4C)ncc3C2)cc1OC. The van der Waals surface area contributed by atoms with Crippen LogP contribution in [0.4, 0.5) is 0 Å². The Bertz CT molecular complexity index is 902. The minimum atomic E-state index is 0.0995. The van der Waals surface area contributed by atoms with Gasteiger partial charge in [0.15, 0.2) is 11.5 Å². The lowest BCUT2D eigenvalue weighted by Gasteiger charge is -2.29. The van der Waals surface area contributed by atoms with E-state index in [1.165, 1.54) is 6.42 Å². The highest BCUT2D eigenvalue weighted by atomic mass is 16.5. The molecule has 1 saturated heterocycles. The second kappa shape index (κ2) is 8.37. The number of amides is 1. The summed E-state index contributed by atoms with van der Waals surface area (Å²) in [6.45, 7) is 2.36. The van der Waals surface area contributed by atoms with E-state index in [1.807, 2.05) is 29.3 Å². The van der Waals surface area contributed by atoms with Gasteiger partial charge in [0.2, 0.25) is 5.91 Å². The van der Waals surface area contributed by atoms with Crippen LogP contribution in [-0.2, 0) is 24.2 Å². The van der Waals surface area contributed by atoms with Gasteiger partial charge >= 0.3 is 0 Å². The van der Waals surface area contributed by atoms with Crippen molar-refractivity contribution in [2.75, 3.05) is 34.4 Å². The van der Waals surface area contributed by atoms with Crippen LogP contribution in [0.1, 0.15) is 41.5 Å². The largest absolute Gasteiger partial charge is 0.493 e. The van der Waals surface area contributed by atoms with Gasteiger partial charge in [-0.2, -0.15) is 0 Å². The van der Waals surface area contributed by atoms with Crippen LogP contribution in [0.15, 0.2) is 24.4 Å². The first-order valence-electron chi connectivity index (χ1n) is 10.1. The molecule has 1 atom stereocenters. The van der Waals surface area contributed by atoms with Gasteiger partial charge in [0.1, 0.15) is 5.82 Å². The number of hydrogen-bond donors (Lipinski definition) is 0. The summed E-state index contributed by atoms with van der Waals surface area (Å²) in [6.07, 6.45) is 5.34. The fraction of sp³-hybridized carbons (Fsp3) is 0.500. The van der Waals surface area contributed by atoms with Crippen molar-refractivity contribution in [3.8, 4) is 11.5 Å². The average Bonchev–Trinajstić information content (AvgIpc) is 3.18. The molecule has 4 rings (SSSR count). The van der Waals surface area contributed by atoms with Crippen LogP contribution in [0, 0.1) is 0 Å². The van der Waals surface area contributed by atoms with Crippen molar-refractivity contribution in [2.45, 2.75) is 38.3 Å². The monoisotopic (exact) mass is 396 g/mol. The molecule has 1 aromatic carbocycles. The van der Waals surface area contributed by atoms with E-state index >= 15 is 0 Å². The van der Waals surface area contributed by atoms with Crippen LogP contribution in [0.5, 0.6) is 11.5 Å². The van der Waals surface area contributed by atoms with E-state index in [0.717, 1.165) is 42.0 Å². The summed E-state index contributed by atoms with van der Waals surface area (Å²) in [5, 5.41) is 0. The molecule has 0 N–H and O–H groups in total. The Hall–Kier alpha value is -2.67. The fourth-order valence-electron chi connectivity index (χ4n) is 4.22. The molecule has 2 aliphatic rings. The Morgan fingerprint density at radius 1 is 1.21 bits per heavy atom. The molecule has 154 valence electrons. The van der Waals surface area contributed by atoms with Gasteiger partial charge in [-0.25, -0.2) is 9.97 Å². The van der Waals surface area contributed by atoms with Crippen molar-refractivity contribution in [3.63, 3.8) is 0 Å². The number of hydrogen-bond acceptors (Lipinski definition) is 6. The number of carbonyl (C=O) groups is 1. The Morgan fingerprint density at radius 3 is 2.76 bits per heavy atom. The molecule has 2 aliphatic heterocycles. The molecule has 7 heteroatoms. The van der Waals surface area contributed by atoms with Gasteiger partial charge in [-0.15, -0.1) is 0 Å². The molecule has 1 fully saturated rings. The number of ether oxygens (including phenoxy) is 2. The number of methoxy groups -OCH3 is 2. The zero-order valence-electron chi connectivity index (χ0n) is 17.4.